The highest BCUT2D eigenvalue weighted by atomic mass is 32.2. The molecule has 0 aromatic heterocycles. The molecule has 0 bridgehead atoms. The van der Waals surface area contributed by atoms with Gasteiger partial charge in [0.2, 0.25) is 0 Å². The van der Waals surface area contributed by atoms with Gasteiger partial charge in [-0.2, -0.15) is 0 Å². The molecule has 0 aliphatic carbocycles. The van der Waals surface area contributed by atoms with Crippen LogP contribution in [0.25, 0.3) is 0 Å². The van der Waals surface area contributed by atoms with E-state index in [0.29, 0.717) is 6.04 Å². The number of hydrogen-bond acceptors (Lipinski definition) is 3. The molecular weight excluding hydrogens is 216 g/mol. The highest BCUT2D eigenvalue weighted by Crippen LogP contribution is 2.43. The summed E-state index contributed by atoms with van der Waals surface area (Å²) in [7, 11) is 0. The summed E-state index contributed by atoms with van der Waals surface area (Å²) in [5, 5.41) is 1.20. The molecular formula is C13H16N2S. The van der Waals surface area contributed by atoms with Crippen LogP contribution in [0.2, 0.25) is 0 Å². The van der Waals surface area contributed by atoms with Crippen LogP contribution in [0.5, 0.6) is 0 Å². The Bertz CT molecular complexity index is 439. The molecule has 2 aliphatic rings. The molecule has 2 nitrogen and oxygen atoms in total. The van der Waals surface area contributed by atoms with Crippen LogP contribution in [0.3, 0.4) is 0 Å². The van der Waals surface area contributed by atoms with Crippen LogP contribution in [-0.2, 0) is 0 Å². The van der Waals surface area contributed by atoms with Crippen molar-refractivity contribution in [2.75, 3.05) is 11.4 Å². The number of aliphatic imine (C=N–C) groups is 1. The maximum atomic E-state index is 4.81. The Kier molecular flexibility index (Phi) is 2.43. The predicted octanol–water partition coefficient (Wildman–Crippen LogP) is 3.38. The Morgan fingerprint density at radius 3 is 3.06 bits per heavy atom. The Balaban J connectivity index is 1.83. The smallest absolute Gasteiger partial charge is 0.169 e. The fourth-order valence-electron chi connectivity index (χ4n) is 2.37. The molecule has 2 heterocycles. The topological polar surface area (TPSA) is 15.6 Å². The SMILES string of the molecule is CC(C)CC1CN2C(=N1)Sc1ccccc12. The molecule has 3 rings (SSSR count). The summed E-state index contributed by atoms with van der Waals surface area (Å²) in [4.78, 5) is 8.53. The molecule has 1 unspecified atom stereocenters. The maximum absolute atomic E-state index is 4.81. The zero-order valence-corrected chi connectivity index (χ0v) is 10.5. The second kappa shape index (κ2) is 3.81. The molecule has 16 heavy (non-hydrogen) atoms. The van der Waals surface area contributed by atoms with Crippen molar-refractivity contribution in [2.45, 2.75) is 31.2 Å². The third-order valence-electron chi connectivity index (χ3n) is 3.02. The van der Waals surface area contributed by atoms with Gasteiger partial charge in [0.1, 0.15) is 0 Å². The number of thioether (sulfide) groups is 1. The Morgan fingerprint density at radius 2 is 2.25 bits per heavy atom. The molecule has 0 spiro atoms. The first-order chi connectivity index (χ1) is 7.74. The van der Waals surface area contributed by atoms with Gasteiger partial charge in [-0.15, -0.1) is 0 Å². The summed E-state index contributed by atoms with van der Waals surface area (Å²) in [6.07, 6.45) is 1.20. The minimum absolute atomic E-state index is 0.496. The number of nitrogens with zero attached hydrogens (tertiary/aromatic N) is 2. The fraction of sp³-hybridized carbons (Fsp3) is 0.462. The van der Waals surface area contributed by atoms with Gasteiger partial charge in [0.05, 0.1) is 11.7 Å². The lowest BCUT2D eigenvalue weighted by atomic mass is 10.0. The minimum Gasteiger partial charge on any atom is -0.318 e. The largest absolute Gasteiger partial charge is 0.318 e. The number of hydrogen-bond donors (Lipinski definition) is 0. The molecule has 1 aromatic rings. The number of benzene rings is 1. The summed E-state index contributed by atoms with van der Waals surface area (Å²) < 4.78 is 0. The van der Waals surface area contributed by atoms with Crippen molar-refractivity contribution in [3.63, 3.8) is 0 Å². The van der Waals surface area contributed by atoms with Crippen molar-refractivity contribution in [3.8, 4) is 0 Å². The first-order valence-corrected chi connectivity index (χ1v) is 6.68. The van der Waals surface area contributed by atoms with Gasteiger partial charge in [-0.25, -0.2) is 0 Å². The van der Waals surface area contributed by atoms with E-state index in [9.17, 15) is 0 Å². The van der Waals surface area contributed by atoms with E-state index in [4.69, 9.17) is 4.99 Å². The summed E-state index contributed by atoms with van der Waals surface area (Å²) in [6, 6.07) is 9.08. The Labute approximate surface area is 101 Å². The monoisotopic (exact) mass is 232 g/mol. The molecule has 2 aliphatic heterocycles. The van der Waals surface area contributed by atoms with Crippen molar-refractivity contribution < 1.29 is 0 Å². The number of fused-ring (bicyclic) bond motifs is 3. The summed E-state index contributed by atoms with van der Waals surface area (Å²) in [6.45, 7) is 5.60. The number of anilines is 1. The van der Waals surface area contributed by atoms with Crippen LogP contribution in [0.15, 0.2) is 34.2 Å². The van der Waals surface area contributed by atoms with Gasteiger partial charge < -0.3 is 4.90 Å². The van der Waals surface area contributed by atoms with Gasteiger partial charge in [0.15, 0.2) is 5.17 Å². The molecule has 84 valence electrons. The highest BCUT2D eigenvalue weighted by Gasteiger charge is 2.33. The van der Waals surface area contributed by atoms with E-state index >= 15 is 0 Å². The van der Waals surface area contributed by atoms with E-state index in [1.165, 1.54) is 22.2 Å². The van der Waals surface area contributed by atoms with E-state index < -0.39 is 0 Å². The van der Waals surface area contributed by atoms with Gasteiger partial charge in [0.25, 0.3) is 0 Å². The van der Waals surface area contributed by atoms with Crippen LogP contribution in [0.4, 0.5) is 5.69 Å². The van der Waals surface area contributed by atoms with Crippen LogP contribution >= 0.6 is 11.8 Å². The van der Waals surface area contributed by atoms with Crippen molar-refractivity contribution in [1.29, 1.82) is 0 Å². The first kappa shape index (κ1) is 10.2. The second-order valence-corrected chi connectivity index (χ2v) is 5.88. The summed E-state index contributed by atoms with van der Waals surface area (Å²) in [5.41, 5.74) is 1.34. The third-order valence-corrected chi connectivity index (χ3v) is 4.09. The van der Waals surface area contributed by atoms with Gasteiger partial charge in [-0.1, -0.05) is 26.0 Å². The van der Waals surface area contributed by atoms with E-state index in [1.54, 1.807) is 0 Å². The average Bonchev–Trinajstić information content (AvgIpc) is 2.73. The molecule has 0 saturated carbocycles. The molecule has 3 heteroatoms. The van der Waals surface area contributed by atoms with Gasteiger partial charge in [-0.05, 0) is 36.2 Å². The van der Waals surface area contributed by atoms with Gasteiger partial charge in [0, 0.05) is 11.4 Å². The summed E-state index contributed by atoms with van der Waals surface area (Å²) in [5.74, 6) is 0.731. The highest BCUT2D eigenvalue weighted by molar-refractivity contribution is 8.14. The molecule has 1 atom stereocenters. The fourth-order valence-corrected chi connectivity index (χ4v) is 3.49. The zero-order valence-electron chi connectivity index (χ0n) is 9.68. The van der Waals surface area contributed by atoms with E-state index in [0.717, 1.165) is 12.5 Å². The molecule has 1 aromatic carbocycles. The van der Waals surface area contributed by atoms with E-state index in [-0.39, 0.29) is 0 Å². The number of rotatable bonds is 2. The van der Waals surface area contributed by atoms with Crippen molar-refractivity contribution in [1.82, 2.24) is 0 Å². The lowest BCUT2D eigenvalue weighted by molar-refractivity contribution is 0.514. The quantitative estimate of drug-likeness (QED) is 0.776. The van der Waals surface area contributed by atoms with E-state index in [1.807, 2.05) is 11.8 Å². The number of para-hydroxylation sites is 1. The lowest BCUT2D eigenvalue weighted by Crippen LogP contribution is -2.24. The van der Waals surface area contributed by atoms with Gasteiger partial charge >= 0.3 is 0 Å². The van der Waals surface area contributed by atoms with Crippen LogP contribution in [-0.4, -0.2) is 17.8 Å². The molecule has 0 radical (unpaired) electrons. The van der Waals surface area contributed by atoms with Crippen molar-refractivity contribution in [2.24, 2.45) is 10.9 Å². The summed E-state index contributed by atoms with van der Waals surface area (Å²) >= 11 is 1.81. The average molecular weight is 232 g/mol. The molecule has 0 saturated heterocycles. The Hall–Kier alpha value is -0.960. The third kappa shape index (κ3) is 1.63. The lowest BCUT2D eigenvalue weighted by Gasteiger charge is -2.15. The Morgan fingerprint density at radius 1 is 1.44 bits per heavy atom. The normalized spacial score (nSPS) is 22.3. The first-order valence-electron chi connectivity index (χ1n) is 5.86. The van der Waals surface area contributed by atoms with Crippen LogP contribution in [0.1, 0.15) is 20.3 Å². The minimum atomic E-state index is 0.496. The van der Waals surface area contributed by atoms with Crippen molar-refractivity contribution in [3.05, 3.63) is 24.3 Å². The standard InChI is InChI=1S/C13H16N2S/c1-9(2)7-10-8-15-11-5-3-4-6-12(11)16-13(15)14-10/h3-6,9-10H,7-8H2,1-2H3. The number of amidine groups is 1. The zero-order chi connectivity index (χ0) is 11.1. The van der Waals surface area contributed by atoms with Crippen LogP contribution in [0, 0.1) is 5.92 Å². The molecule has 0 amide bonds. The molecule has 0 N–H and O–H groups in total. The predicted molar refractivity (Wildman–Crippen MR) is 70.3 cm³/mol. The van der Waals surface area contributed by atoms with Crippen LogP contribution < -0.4 is 4.90 Å². The maximum Gasteiger partial charge on any atom is 0.169 e. The second-order valence-electron chi connectivity index (χ2n) is 4.88. The van der Waals surface area contributed by atoms with Crippen molar-refractivity contribution >= 4 is 22.6 Å². The van der Waals surface area contributed by atoms with Gasteiger partial charge in [-0.3, -0.25) is 4.99 Å². The molecule has 0 fully saturated rings. The van der Waals surface area contributed by atoms with E-state index in [2.05, 4.69) is 43.0 Å².